The van der Waals surface area contributed by atoms with E-state index in [9.17, 15) is 0 Å². The number of hydrogen-bond donors (Lipinski definition) is 1. The van der Waals surface area contributed by atoms with Gasteiger partial charge < -0.3 is 10.2 Å². The fourth-order valence-corrected chi connectivity index (χ4v) is 3.09. The van der Waals surface area contributed by atoms with Gasteiger partial charge in [0.15, 0.2) is 5.58 Å². The highest BCUT2D eigenvalue weighted by Crippen LogP contribution is 2.27. The molecule has 0 amide bonds. The summed E-state index contributed by atoms with van der Waals surface area (Å²) < 4.78 is 5.71. The highest BCUT2D eigenvalue weighted by molar-refractivity contribution is 7.99. The van der Waals surface area contributed by atoms with Crippen LogP contribution in [0.1, 0.15) is 11.5 Å². The number of nitrogens with two attached hydrogens (primary N) is 1. The normalized spacial score (nSPS) is 12.7. The van der Waals surface area contributed by atoms with E-state index in [-0.39, 0.29) is 0 Å². The summed E-state index contributed by atoms with van der Waals surface area (Å²) in [5, 5.41) is 0.709. The average molecular weight is 284 g/mol. The van der Waals surface area contributed by atoms with Gasteiger partial charge in [0.25, 0.3) is 5.22 Å². The first kappa shape index (κ1) is 13.2. The van der Waals surface area contributed by atoms with Crippen molar-refractivity contribution in [3.05, 3.63) is 60.2 Å². The molecule has 102 valence electrons. The molecule has 0 bridgehead atoms. The quantitative estimate of drug-likeness (QED) is 0.726. The molecule has 0 radical (unpaired) electrons. The minimum absolute atomic E-state index is 0.316. The summed E-state index contributed by atoms with van der Waals surface area (Å²) in [6.45, 7) is 0.622. The van der Waals surface area contributed by atoms with E-state index >= 15 is 0 Å². The molecule has 1 atom stereocenters. The number of oxazole rings is 1. The molecule has 0 aliphatic heterocycles. The van der Waals surface area contributed by atoms with Crippen molar-refractivity contribution in [1.82, 2.24) is 4.98 Å². The lowest BCUT2D eigenvalue weighted by atomic mass is 10.0. The Hall–Kier alpha value is -1.78. The van der Waals surface area contributed by atoms with Crippen LogP contribution >= 0.6 is 11.8 Å². The van der Waals surface area contributed by atoms with Crippen LogP contribution in [-0.4, -0.2) is 17.3 Å². The van der Waals surface area contributed by atoms with Crippen LogP contribution in [0.4, 0.5) is 0 Å². The molecule has 0 aliphatic rings. The topological polar surface area (TPSA) is 52.0 Å². The zero-order valence-electron chi connectivity index (χ0n) is 11.0. The van der Waals surface area contributed by atoms with E-state index in [1.807, 2.05) is 42.5 Å². The smallest absolute Gasteiger partial charge is 0.256 e. The standard InChI is InChI=1S/C16H16N2OS/c17-10-13(12-6-2-1-3-7-12)11-20-16-18-14-8-4-5-9-15(14)19-16/h1-9,13H,10-11,17H2. The summed E-state index contributed by atoms with van der Waals surface area (Å²) in [7, 11) is 0. The third kappa shape index (κ3) is 2.86. The molecule has 1 unspecified atom stereocenters. The number of rotatable bonds is 5. The number of aromatic nitrogens is 1. The third-order valence-electron chi connectivity index (χ3n) is 3.24. The lowest BCUT2D eigenvalue weighted by molar-refractivity contribution is 0.489. The Balaban J connectivity index is 1.71. The van der Waals surface area contributed by atoms with Gasteiger partial charge in [0.2, 0.25) is 0 Å². The summed E-state index contributed by atoms with van der Waals surface area (Å²) in [6.07, 6.45) is 0. The SMILES string of the molecule is NCC(CSc1nc2ccccc2o1)c1ccccc1. The predicted molar refractivity (Wildman–Crippen MR) is 83.0 cm³/mol. The van der Waals surface area contributed by atoms with Crippen LogP contribution in [0.5, 0.6) is 0 Å². The Bertz CT molecular complexity index is 648. The summed E-state index contributed by atoms with van der Waals surface area (Å²) >= 11 is 1.62. The van der Waals surface area contributed by atoms with Gasteiger partial charge in [-0.05, 0) is 24.2 Å². The van der Waals surface area contributed by atoms with Crippen molar-refractivity contribution in [2.45, 2.75) is 11.1 Å². The van der Waals surface area contributed by atoms with E-state index < -0.39 is 0 Å². The highest BCUT2D eigenvalue weighted by atomic mass is 32.2. The Kier molecular flexibility index (Phi) is 4.04. The van der Waals surface area contributed by atoms with E-state index in [0.717, 1.165) is 16.9 Å². The van der Waals surface area contributed by atoms with Crippen molar-refractivity contribution >= 4 is 22.9 Å². The molecular formula is C16H16N2OS. The average Bonchev–Trinajstić information content (AvgIpc) is 2.92. The molecule has 0 spiro atoms. The van der Waals surface area contributed by atoms with Crippen LogP contribution in [-0.2, 0) is 0 Å². The van der Waals surface area contributed by atoms with Crippen LogP contribution in [0.3, 0.4) is 0 Å². The summed E-state index contributed by atoms with van der Waals surface area (Å²) in [5.74, 6) is 1.18. The molecule has 3 rings (SSSR count). The van der Waals surface area contributed by atoms with E-state index in [0.29, 0.717) is 17.7 Å². The number of thioether (sulfide) groups is 1. The molecular weight excluding hydrogens is 268 g/mol. The summed E-state index contributed by atoms with van der Waals surface area (Å²) in [5.41, 5.74) is 8.88. The van der Waals surface area contributed by atoms with Crippen molar-refractivity contribution < 1.29 is 4.42 Å². The zero-order valence-corrected chi connectivity index (χ0v) is 11.8. The number of nitrogens with zero attached hydrogens (tertiary/aromatic N) is 1. The minimum Gasteiger partial charge on any atom is -0.431 e. The Morgan fingerprint density at radius 3 is 2.55 bits per heavy atom. The van der Waals surface area contributed by atoms with Crippen LogP contribution in [0.25, 0.3) is 11.1 Å². The maximum absolute atomic E-state index is 5.88. The fraction of sp³-hybridized carbons (Fsp3) is 0.188. The Labute approximate surface area is 122 Å². The van der Waals surface area contributed by atoms with Gasteiger partial charge in [-0.15, -0.1) is 0 Å². The molecule has 1 heterocycles. The molecule has 2 N–H and O–H groups in total. The molecule has 2 aromatic carbocycles. The molecule has 3 aromatic rings. The monoisotopic (exact) mass is 284 g/mol. The van der Waals surface area contributed by atoms with Gasteiger partial charge in [-0.1, -0.05) is 54.2 Å². The molecule has 0 saturated heterocycles. The van der Waals surface area contributed by atoms with E-state index in [4.69, 9.17) is 10.2 Å². The van der Waals surface area contributed by atoms with Crippen molar-refractivity contribution in [3.8, 4) is 0 Å². The first-order chi connectivity index (χ1) is 9.86. The number of hydrogen-bond acceptors (Lipinski definition) is 4. The molecule has 0 saturated carbocycles. The predicted octanol–water partition coefficient (Wildman–Crippen LogP) is 3.66. The Morgan fingerprint density at radius 1 is 1.05 bits per heavy atom. The lowest BCUT2D eigenvalue weighted by Crippen LogP contribution is -2.14. The number of fused-ring (bicyclic) bond motifs is 1. The van der Waals surface area contributed by atoms with Gasteiger partial charge >= 0.3 is 0 Å². The van der Waals surface area contributed by atoms with Gasteiger partial charge in [0.05, 0.1) is 0 Å². The minimum atomic E-state index is 0.316. The first-order valence-corrected chi connectivity index (χ1v) is 7.59. The molecule has 1 aromatic heterocycles. The largest absolute Gasteiger partial charge is 0.431 e. The van der Waals surface area contributed by atoms with Crippen LogP contribution in [0.15, 0.2) is 64.2 Å². The van der Waals surface area contributed by atoms with E-state index in [1.165, 1.54) is 5.56 Å². The van der Waals surface area contributed by atoms with Crippen molar-refractivity contribution in [3.63, 3.8) is 0 Å². The van der Waals surface area contributed by atoms with Gasteiger partial charge in [-0.25, -0.2) is 4.98 Å². The van der Waals surface area contributed by atoms with Crippen molar-refractivity contribution in [1.29, 1.82) is 0 Å². The fourth-order valence-electron chi connectivity index (χ4n) is 2.11. The first-order valence-electron chi connectivity index (χ1n) is 6.60. The maximum atomic E-state index is 5.88. The zero-order chi connectivity index (χ0) is 13.8. The van der Waals surface area contributed by atoms with Crippen molar-refractivity contribution in [2.75, 3.05) is 12.3 Å². The summed E-state index contributed by atoms with van der Waals surface area (Å²) in [6, 6.07) is 18.1. The molecule has 4 heteroatoms. The van der Waals surface area contributed by atoms with Crippen LogP contribution < -0.4 is 5.73 Å². The molecule has 0 aliphatic carbocycles. The molecule has 20 heavy (non-hydrogen) atoms. The van der Waals surface area contributed by atoms with Crippen molar-refractivity contribution in [2.24, 2.45) is 5.73 Å². The Morgan fingerprint density at radius 2 is 1.80 bits per heavy atom. The summed E-state index contributed by atoms with van der Waals surface area (Å²) in [4.78, 5) is 4.47. The lowest BCUT2D eigenvalue weighted by Gasteiger charge is -2.13. The number of benzene rings is 2. The second-order valence-electron chi connectivity index (χ2n) is 4.60. The third-order valence-corrected chi connectivity index (χ3v) is 4.23. The maximum Gasteiger partial charge on any atom is 0.256 e. The van der Waals surface area contributed by atoms with Gasteiger partial charge in [0.1, 0.15) is 5.52 Å². The van der Waals surface area contributed by atoms with Crippen LogP contribution in [0, 0.1) is 0 Å². The second-order valence-corrected chi connectivity index (χ2v) is 5.57. The van der Waals surface area contributed by atoms with E-state index in [2.05, 4.69) is 17.1 Å². The molecule has 0 fully saturated rings. The van der Waals surface area contributed by atoms with E-state index in [1.54, 1.807) is 11.8 Å². The molecule has 3 nitrogen and oxygen atoms in total. The van der Waals surface area contributed by atoms with Gasteiger partial charge in [-0.2, -0.15) is 0 Å². The number of para-hydroxylation sites is 2. The van der Waals surface area contributed by atoms with Gasteiger partial charge in [0, 0.05) is 11.7 Å². The van der Waals surface area contributed by atoms with Gasteiger partial charge in [-0.3, -0.25) is 0 Å². The van der Waals surface area contributed by atoms with Crippen LogP contribution in [0.2, 0.25) is 0 Å². The highest BCUT2D eigenvalue weighted by Gasteiger charge is 2.12. The second kappa shape index (κ2) is 6.11.